The van der Waals surface area contributed by atoms with Gasteiger partial charge in [-0.3, -0.25) is 4.79 Å². The number of hydrogen-bond donors (Lipinski definition) is 0. The van der Waals surface area contributed by atoms with Gasteiger partial charge in [-0.1, -0.05) is 18.1 Å². The van der Waals surface area contributed by atoms with Crippen LogP contribution in [0.1, 0.15) is 35.2 Å². The van der Waals surface area contributed by atoms with Crippen molar-refractivity contribution >= 4 is 25.6 Å². The van der Waals surface area contributed by atoms with E-state index in [0.29, 0.717) is 12.5 Å². The van der Waals surface area contributed by atoms with Gasteiger partial charge in [0.05, 0.1) is 10.5 Å². The highest BCUT2D eigenvalue weighted by atomic mass is 35.7. The number of rotatable bonds is 4. The molecule has 6 heteroatoms. The first-order valence-electron chi connectivity index (χ1n) is 6.60. The second-order valence-corrected chi connectivity index (χ2v) is 7.95. The highest BCUT2D eigenvalue weighted by molar-refractivity contribution is 8.13. The third-order valence-electron chi connectivity index (χ3n) is 3.73. The van der Waals surface area contributed by atoms with E-state index in [1.807, 2.05) is 6.92 Å². The van der Waals surface area contributed by atoms with E-state index in [1.165, 1.54) is 12.5 Å². The van der Waals surface area contributed by atoms with Gasteiger partial charge in [-0.05, 0) is 37.8 Å². The van der Waals surface area contributed by atoms with Gasteiger partial charge in [-0.2, -0.15) is 0 Å². The lowest BCUT2D eigenvalue weighted by Crippen LogP contribution is -2.34. The minimum Gasteiger partial charge on any atom is -0.341 e. The summed E-state index contributed by atoms with van der Waals surface area (Å²) in [5, 5.41) is 0. The minimum absolute atomic E-state index is 0.116. The molecule has 0 heterocycles. The number of benzene rings is 1. The Bertz CT molecular complexity index is 623. The molecule has 0 aliphatic heterocycles. The van der Waals surface area contributed by atoms with E-state index in [1.54, 1.807) is 24.1 Å². The predicted molar refractivity (Wildman–Crippen MR) is 78.5 cm³/mol. The molecule has 0 saturated heterocycles. The maximum Gasteiger partial charge on any atom is 0.262 e. The summed E-state index contributed by atoms with van der Waals surface area (Å²) in [6, 6.07) is 4.61. The van der Waals surface area contributed by atoms with E-state index in [4.69, 9.17) is 10.7 Å². The quantitative estimate of drug-likeness (QED) is 0.803. The molecule has 2 rings (SSSR count). The number of aryl methyl sites for hydroxylation is 1. The number of carbonyl (C=O) groups is 1. The summed E-state index contributed by atoms with van der Waals surface area (Å²) in [7, 11) is 3.19. The highest BCUT2D eigenvalue weighted by Crippen LogP contribution is 2.28. The fourth-order valence-corrected chi connectivity index (χ4v) is 3.42. The van der Waals surface area contributed by atoms with Gasteiger partial charge < -0.3 is 4.90 Å². The first-order valence-corrected chi connectivity index (χ1v) is 8.91. The first-order chi connectivity index (χ1) is 9.29. The van der Waals surface area contributed by atoms with Gasteiger partial charge in [0, 0.05) is 24.3 Å². The Kier molecular flexibility index (Phi) is 4.39. The summed E-state index contributed by atoms with van der Waals surface area (Å²) in [4.78, 5) is 13.9. The average molecular weight is 316 g/mol. The van der Waals surface area contributed by atoms with Crippen molar-refractivity contribution in [3.05, 3.63) is 29.3 Å². The molecular weight excluding hydrogens is 298 g/mol. The van der Waals surface area contributed by atoms with Crippen LogP contribution < -0.4 is 0 Å². The monoisotopic (exact) mass is 315 g/mol. The highest BCUT2D eigenvalue weighted by Gasteiger charge is 2.26. The van der Waals surface area contributed by atoms with Crippen LogP contribution in [0, 0.1) is 12.8 Å². The van der Waals surface area contributed by atoms with Crippen LogP contribution in [-0.2, 0) is 9.05 Å². The summed E-state index contributed by atoms with van der Waals surface area (Å²) in [6.07, 6.45) is 3.47. The molecule has 1 aliphatic carbocycles. The number of halogens is 1. The lowest BCUT2D eigenvalue weighted by molar-refractivity contribution is 0.0741. The molecule has 0 aromatic heterocycles. The van der Waals surface area contributed by atoms with Crippen molar-refractivity contribution in [2.45, 2.75) is 31.1 Å². The van der Waals surface area contributed by atoms with Crippen LogP contribution in [0.5, 0.6) is 0 Å². The Morgan fingerprint density at radius 2 is 2.05 bits per heavy atom. The SMILES string of the molecule is Cc1ccc(S(=O)(=O)Cl)c(C(=O)N(C)CC2CCC2)c1. The van der Waals surface area contributed by atoms with E-state index in [0.717, 1.165) is 18.4 Å². The average Bonchev–Trinajstić information content (AvgIpc) is 2.31. The molecule has 1 amide bonds. The molecule has 20 heavy (non-hydrogen) atoms. The van der Waals surface area contributed by atoms with E-state index in [9.17, 15) is 13.2 Å². The first kappa shape index (κ1) is 15.3. The molecule has 110 valence electrons. The van der Waals surface area contributed by atoms with Crippen molar-refractivity contribution < 1.29 is 13.2 Å². The fraction of sp³-hybridized carbons (Fsp3) is 0.500. The van der Waals surface area contributed by atoms with Crippen molar-refractivity contribution in [1.82, 2.24) is 4.90 Å². The molecule has 4 nitrogen and oxygen atoms in total. The summed E-state index contributed by atoms with van der Waals surface area (Å²) in [6.45, 7) is 2.47. The molecule has 0 radical (unpaired) electrons. The van der Waals surface area contributed by atoms with Crippen LogP contribution in [0.15, 0.2) is 23.1 Å². The summed E-state index contributed by atoms with van der Waals surface area (Å²) in [5.41, 5.74) is 0.983. The van der Waals surface area contributed by atoms with Gasteiger partial charge in [-0.25, -0.2) is 8.42 Å². The van der Waals surface area contributed by atoms with Gasteiger partial charge in [0.15, 0.2) is 0 Å². The van der Waals surface area contributed by atoms with Crippen molar-refractivity contribution in [2.24, 2.45) is 5.92 Å². The predicted octanol–water partition coefficient (Wildman–Crippen LogP) is 2.79. The second kappa shape index (κ2) is 5.74. The smallest absolute Gasteiger partial charge is 0.262 e. The van der Waals surface area contributed by atoms with Crippen LogP contribution in [0.2, 0.25) is 0 Å². The maximum absolute atomic E-state index is 12.4. The van der Waals surface area contributed by atoms with Gasteiger partial charge >= 0.3 is 0 Å². The summed E-state index contributed by atoms with van der Waals surface area (Å²) < 4.78 is 23.2. The van der Waals surface area contributed by atoms with Crippen molar-refractivity contribution in [3.63, 3.8) is 0 Å². The zero-order valence-corrected chi connectivity index (χ0v) is 13.2. The Morgan fingerprint density at radius 3 is 2.55 bits per heavy atom. The molecule has 0 unspecified atom stereocenters. The molecule has 0 spiro atoms. The normalized spacial score (nSPS) is 15.8. The van der Waals surface area contributed by atoms with E-state index >= 15 is 0 Å². The van der Waals surface area contributed by atoms with Gasteiger partial charge in [0.1, 0.15) is 0 Å². The summed E-state index contributed by atoms with van der Waals surface area (Å²) >= 11 is 0. The van der Waals surface area contributed by atoms with Crippen LogP contribution in [0.4, 0.5) is 0 Å². The maximum atomic E-state index is 12.4. The van der Waals surface area contributed by atoms with Gasteiger partial charge in [0.2, 0.25) is 0 Å². The van der Waals surface area contributed by atoms with E-state index < -0.39 is 9.05 Å². The van der Waals surface area contributed by atoms with Crippen LogP contribution in [-0.4, -0.2) is 32.8 Å². The lowest BCUT2D eigenvalue weighted by atomic mass is 9.85. The van der Waals surface area contributed by atoms with Gasteiger partial charge in [0.25, 0.3) is 15.0 Å². The van der Waals surface area contributed by atoms with Crippen LogP contribution in [0.3, 0.4) is 0 Å². The molecule has 1 aliphatic rings. The molecule has 0 N–H and O–H groups in total. The number of amides is 1. The fourth-order valence-electron chi connectivity index (χ4n) is 2.37. The Labute approximate surface area is 124 Å². The number of hydrogen-bond acceptors (Lipinski definition) is 3. The zero-order chi connectivity index (χ0) is 14.9. The lowest BCUT2D eigenvalue weighted by Gasteiger charge is -2.30. The third-order valence-corrected chi connectivity index (χ3v) is 5.11. The standard InChI is InChI=1S/C14H18ClNO3S/c1-10-6-7-13(20(15,18)19)12(8-10)14(17)16(2)9-11-4-3-5-11/h6-8,11H,3-5,9H2,1-2H3. The Hall–Kier alpha value is -1.07. The topological polar surface area (TPSA) is 54.5 Å². The zero-order valence-electron chi connectivity index (χ0n) is 11.6. The van der Waals surface area contributed by atoms with E-state index in [2.05, 4.69) is 0 Å². The molecule has 1 aromatic rings. The molecular formula is C14H18ClNO3S. The molecule has 0 bridgehead atoms. The molecule has 1 aromatic carbocycles. The second-order valence-electron chi connectivity index (χ2n) is 5.42. The largest absolute Gasteiger partial charge is 0.341 e. The van der Waals surface area contributed by atoms with Gasteiger partial charge in [-0.15, -0.1) is 0 Å². The molecule has 0 atom stereocenters. The van der Waals surface area contributed by atoms with Crippen LogP contribution >= 0.6 is 10.7 Å². The third kappa shape index (κ3) is 3.33. The number of carbonyl (C=O) groups excluding carboxylic acids is 1. The van der Waals surface area contributed by atoms with Crippen molar-refractivity contribution in [1.29, 1.82) is 0 Å². The number of nitrogens with zero attached hydrogens (tertiary/aromatic N) is 1. The van der Waals surface area contributed by atoms with Crippen molar-refractivity contribution in [2.75, 3.05) is 13.6 Å². The molecule has 1 fully saturated rings. The Balaban J connectivity index is 2.30. The minimum atomic E-state index is -3.92. The summed E-state index contributed by atoms with van der Waals surface area (Å²) in [5.74, 6) is 0.240. The van der Waals surface area contributed by atoms with E-state index in [-0.39, 0.29) is 16.4 Å². The van der Waals surface area contributed by atoms with Crippen molar-refractivity contribution in [3.8, 4) is 0 Å². The molecule has 1 saturated carbocycles. The Morgan fingerprint density at radius 1 is 1.40 bits per heavy atom. The van der Waals surface area contributed by atoms with Crippen LogP contribution in [0.25, 0.3) is 0 Å².